The summed E-state index contributed by atoms with van der Waals surface area (Å²) in [6.45, 7) is 3.94. The average molecular weight is 362 g/mol. The van der Waals surface area contributed by atoms with Crippen LogP contribution in [0.1, 0.15) is 24.2 Å². The molecular formula is C21H22N4O2. The fourth-order valence-electron chi connectivity index (χ4n) is 2.51. The summed E-state index contributed by atoms with van der Waals surface area (Å²) in [6, 6.07) is 17.0. The van der Waals surface area contributed by atoms with Crippen LogP contribution in [0.15, 0.2) is 67.0 Å². The number of nitrogens with zero attached hydrogens (tertiary/aromatic N) is 3. The number of carbonyl (C=O) groups excluding carboxylic acids is 1. The van der Waals surface area contributed by atoms with Crippen molar-refractivity contribution < 1.29 is 9.53 Å². The fraction of sp³-hybridized carbons (Fsp3) is 0.190. The quantitative estimate of drug-likeness (QED) is 0.709. The SMILES string of the molecule is CC(C)Oc1ccccc1Nc1ncc(C(=O)N(C)c2ccccc2)cn1. The summed E-state index contributed by atoms with van der Waals surface area (Å²) in [4.78, 5) is 22.7. The van der Waals surface area contributed by atoms with Gasteiger partial charge >= 0.3 is 0 Å². The van der Waals surface area contributed by atoms with Crippen LogP contribution in [0.2, 0.25) is 0 Å². The number of rotatable bonds is 6. The zero-order valence-corrected chi connectivity index (χ0v) is 15.6. The molecule has 2 aromatic carbocycles. The number of amides is 1. The molecule has 3 rings (SSSR count). The first-order valence-electron chi connectivity index (χ1n) is 8.72. The van der Waals surface area contributed by atoms with Gasteiger partial charge in [0.2, 0.25) is 5.95 Å². The van der Waals surface area contributed by atoms with E-state index in [1.807, 2.05) is 68.4 Å². The highest BCUT2D eigenvalue weighted by molar-refractivity contribution is 6.05. The molecule has 0 atom stereocenters. The Hall–Kier alpha value is -3.41. The first kappa shape index (κ1) is 18.4. The van der Waals surface area contributed by atoms with Crippen LogP contribution in [0, 0.1) is 0 Å². The summed E-state index contributed by atoms with van der Waals surface area (Å²) in [6.07, 6.45) is 3.09. The van der Waals surface area contributed by atoms with E-state index in [0.717, 1.165) is 17.1 Å². The standard InChI is InChI=1S/C21H22N4O2/c1-15(2)27-19-12-8-7-11-18(19)24-21-22-13-16(14-23-21)20(26)25(3)17-9-5-4-6-10-17/h4-15H,1-3H3,(H,22,23,24). The van der Waals surface area contributed by atoms with Crippen molar-refractivity contribution in [2.45, 2.75) is 20.0 Å². The van der Waals surface area contributed by atoms with Gasteiger partial charge in [-0.25, -0.2) is 9.97 Å². The Bertz CT molecular complexity index is 896. The van der Waals surface area contributed by atoms with Crippen molar-refractivity contribution in [1.29, 1.82) is 0 Å². The highest BCUT2D eigenvalue weighted by Crippen LogP contribution is 2.27. The molecule has 1 N–H and O–H groups in total. The minimum Gasteiger partial charge on any atom is -0.489 e. The van der Waals surface area contributed by atoms with Crippen molar-refractivity contribution >= 4 is 23.2 Å². The van der Waals surface area contributed by atoms with E-state index in [0.29, 0.717) is 11.5 Å². The number of nitrogens with one attached hydrogen (secondary N) is 1. The molecule has 0 aliphatic carbocycles. The molecule has 0 unspecified atom stereocenters. The highest BCUT2D eigenvalue weighted by atomic mass is 16.5. The summed E-state index contributed by atoms with van der Waals surface area (Å²) >= 11 is 0. The third-order valence-electron chi connectivity index (χ3n) is 3.84. The van der Waals surface area contributed by atoms with Crippen LogP contribution in [0.3, 0.4) is 0 Å². The maximum atomic E-state index is 12.6. The minimum atomic E-state index is -0.170. The molecule has 0 fully saturated rings. The summed E-state index contributed by atoms with van der Waals surface area (Å²) in [5, 5.41) is 3.13. The van der Waals surface area contributed by atoms with Crippen LogP contribution in [-0.2, 0) is 0 Å². The molecule has 1 heterocycles. The lowest BCUT2D eigenvalue weighted by Crippen LogP contribution is -2.26. The molecule has 0 aliphatic heterocycles. The summed E-state index contributed by atoms with van der Waals surface area (Å²) < 4.78 is 5.78. The molecule has 0 bridgehead atoms. The number of hydrogen-bond acceptors (Lipinski definition) is 5. The smallest absolute Gasteiger partial charge is 0.261 e. The van der Waals surface area contributed by atoms with Crippen molar-refractivity contribution in [3.63, 3.8) is 0 Å². The maximum absolute atomic E-state index is 12.6. The predicted octanol–water partition coefficient (Wildman–Crippen LogP) is 4.28. The third kappa shape index (κ3) is 4.61. The molecule has 0 radical (unpaired) electrons. The molecule has 6 nitrogen and oxygen atoms in total. The van der Waals surface area contributed by atoms with Crippen molar-refractivity contribution in [3.8, 4) is 5.75 Å². The molecule has 27 heavy (non-hydrogen) atoms. The van der Waals surface area contributed by atoms with Crippen molar-refractivity contribution in [2.24, 2.45) is 0 Å². The molecule has 1 amide bonds. The summed E-state index contributed by atoms with van der Waals surface area (Å²) in [5.74, 6) is 0.949. The van der Waals surface area contributed by atoms with Gasteiger partial charge in [0.15, 0.2) is 0 Å². The number of aromatic nitrogens is 2. The van der Waals surface area contributed by atoms with Gasteiger partial charge in [-0.2, -0.15) is 0 Å². The Kier molecular flexibility index (Phi) is 5.66. The molecule has 138 valence electrons. The van der Waals surface area contributed by atoms with Crippen LogP contribution in [0.25, 0.3) is 0 Å². The van der Waals surface area contributed by atoms with Crippen molar-refractivity contribution in [1.82, 2.24) is 9.97 Å². The minimum absolute atomic E-state index is 0.0578. The Balaban J connectivity index is 1.74. The summed E-state index contributed by atoms with van der Waals surface area (Å²) in [5.41, 5.74) is 2.00. The van der Waals surface area contributed by atoms with E-state index in [1.165, 1.54) is 12.4 Å². The topological polar surface area (TPSA) is 67.3 Å². The fourth-order valence-corrected chi connectivity index (χ4v) is 2.51. The van der Waals surface area contributed by atoms with Gasteiger partial charge in [-0.05, 0) is 38.1 Å². The number of anilines is 3. The van der Waals surface area contributed by atoms with Crippen LogP contribution in [0.4, 0.5) is 17.3 Å². The molecule has 0 saturated carbocycles. The van der Waals surface area contributed by atoms with E-state index in [-0.39, 0.29) is 12.0 Å². The molecule has 0 saturated heterocycles. The van der Waals surface area contributed by atoms with Crippen molar-refractivity contribution in [2.75, 3.05) is 17.3 Å². The second-order valence-corrected chi connectivity index (χ2v) is 6.28. The number of carbonyl (C=O) groups is 1. The van der Waals surface area contributed by atoms with Gasteiger partial charge in [0.25, 0.3) is 5.91 Å². The second kappa shape index (κ2) is 8.31. The molecule has 3 aromatic rings. The van der Waals surface area contributed by atoms with Gasteiger partial charge in [-0.15, -0.1) is 0 Å². The average Bonchev–Trinajstić information content (AvgIpc) is 2.69. The lowest BCUT2D eigenvalue weighted by molar-refractivity contribution is 0.0992. The molecule has 0 aliphatic rings. The van der Waals surface area contributed by atoms with E-state index in [1.54, 1.807) is 11.9 Å². The van der Waals surface area contributed by atoms with Crippen LogP contribution in [-0.4, -0.2) is 29.0 Å². The highest BCUT2D eigenvalue weighted by Gasteiger charge is 2.14. The first-order chi connectivity index (χ1) is 13.0. The maximum Gasteiger partial charge on any atom is 0.261 e. The number of ether oxygens (including phenoxy) is 1. The Labute approximate surface area is 158 Å². The summed E-state index contributed by atoms with van der Waals surface area (Å²) in [7, 11) is 1.73. The van der Waals surface area contributed by atoms with E-state index in [9.17, 15) is 4.79 Å². The second-order valence-electron chi connectivity index (χ2n) is 6.28. The number of para-hydroxylation sites is 3. The van der Waals surface area contributed by atoms with Gasteiger partial charge in [0.05, 0.1) is 17.4 Å². The normalized spacial score (nSPS) is 10.5. The van der Waals surface area contributed by atoms with Gasteiger partial charge in [-0.1, -0.05) is 30.3 Å². The van der Waals surface area contributed by atoms with E-state index in [2.05, 4.69) is 15.3 Å². The van der Waals surface area contributed by atoms with Gasteiger partial charge in [0.1, 0.15) is 5.75 Å². The van der Waals surface area contributed by atoms with Crippen LogP contribution in [0.5, 0.6) is 5.75 Å². The first-order valence-corrected chi connectivity index (χ1v) is 8.72. The molecular weight excluding hydrogens is 340 g/mol. The number of benzene rings is 2. The van der Waals surface area contributed by atoms with E-state index < -0.39 is 0 Å². The van der Waals surface area contributed by atoms with Gasteiger partial charge < -0.3 is 15.0 Å². The Morgan fingerprint density at radius 2 is 1.63 bits per heavy atom. The molecule has 0 spiro atoms. The van der Waals surface area contributed by atoms with Gasteiger partial charge in [0, 0.05) is 25.1 Å². The molecule has 6 heteroatoms. The largest absolute Gasteiger partial charge is 0.489 e. The van der Waals surface area contributed by atoms with Gasteiger partial charge in [-0.3, -0.25) is 4.79 Å². The molecule has 1 aromatic heterocycles. The van der Waals surface area contributed by atoms with Crippen LogP contribution >= 0.6 is 0 Å². The zero-order chi connectivity index (χ0) is 19.2. The lowest BCUT2D eigenvalue weighted by atomic mass is 10.2. The Morgan fingerprint density at radius 3 is 2.30 bits per heavy atom. The Morgan fingerprint density at radius 1 is 1.00 bits per heavy atom. The predicted molar refractivity (Wildman–Crippen MR) is 107 cm³/mol. The monoisotopic (exact) mass is 362 g/mol. The van der Waals surface area contributed by atoms with E-state index >= 15 is 0 Å². The zero-order valence-electron chi connectivity index (χ0n) is 15.6. The van der Waals surface area contributed by atoms with E-state index in [4.69, 9.17) is 4.74 Å². The van der Waals surface area contributed by atoms with Crippen LogP contribution < -0.4 is 15.0 Å². The number of hydrogen-bond donors (Lipinski definition) is 1. The third-order valence-corrected chi connectivity index (χ3v) is 3.84. The van der Waals surface area contributed by atoms with Crippen molar-refractivity contribution in [3.05, 3.63) is 72.6 Å². The lowest BCUT2D eigenvalue weighted by Gasteiger charge is -2.17.